The smallest absolute Gasteiger partial charge is 0.161 e. The van der Waals surface area contributed by atoms with Crippen molar-refractivity contribution in [2.24, 2.45) is 0 Å². The van der Waals surface area contributed by atoms with E-state index in [9.17, 15) is 0 Å². The Labute approximate surface area is 164 Å². The normalized spacial score (nSPS) is 14.0. The predicted octanol–water partition coefficient (Wildman–Crippen LogP) is 5.03. The minimum Gasteiger partial charge on any atom is -0.486 e. The average Bonchev–Trinajstić information content (AvgIpc) is 2.73. The maximum absolute atomic E-state index is 6.06. The topological polar surface area (TPSA) is 30.5 Å². The first kappa shape index (κ1) is 17.9. The molecule has 27 heavy (non-hydrogen) atoms. The Morgan fingerprint density at radius 1 is 0.815 bits per heavy atom. The average molecular weight is 380 g/mol. The number of rotatable bonds is 6. The summed E-state index contributed by atoms with van der Waals surface area (Å²) in [6.45, 7) is 2.08. The van der Waals surface area contributed by atoms with Crippen molar-refractivity contribution in [2.45, 2.75) is 12.5 Å². The van der Waals surface area contributed by atoms with Crippen molar-refractivity contribution in [3.8, 4) is 11.5 Å². The highest BCUT2D eigenvalue weighted by molar-refractivity contribution is 6.30. The lowest BCUT2D eigenvalue weighted by molar-refractivity contribution is 0.171. The van der Waals surface area contributed by atoms with E-state index in [1.807, 2.05) is 24.3 Å². The van der Waals surface area contributed by atoms with E-state index in [0.29, 0.717) is 13.2 Å². The van der Waals surface area contributed by atoms with Crippen LogP contribution in [-0.2, 0) is 6.42 Å². The fraction of sp³-hybridized carbons (Fsp3) is 0.217. The Kier molecular flexibility index (Phi) is 5.61. The summed E-state index contributed by atoms with van der Waals surface area (Å²) >= 11 is 6.06. The predicted molar refractivity (Wildman–Crippen MR) is 109 cm³/mol. The van der Waals surface area contributed by atoms with E-state index in [1.54, 1.807) is 0 Å². The maximum atomic E-state index is 6.06. The van der Waals surface area contributed by atoms with Crippen LogP contribution in [-0.4, -0.2) is 19.8 Å². The van der Waals surface area contributed by atoms with Gasteiger partial charge in [0.25, 0.3) is 0 Å². The third-order valence-electron chi connectivity index (χ3n) is 4.70. The van der Waals surface area contributed by atoms with Crippen molar-refractivity contribution < 1.29 is 9.47 Å². The molecule has 0 spiro atoms. The molecule has 1 aliphatic heterocycles. The zero-order valence-electron chi connectivity index (χ0n) is 15.0. The molecule has 4 heteroatoms. The van der Waals surface area contributed by atoms with Gasteiger partial charge >= 0.3 is 0 Å². The number of hydrogen-bond acceptors (Lipinski definition) is 3. The van der Waals surface area contributed by atoms with Gasteiger partial charge in [0.1, 0.15) is 13.2 Å². The molecule has 0 fully saturated rings. The fourth-order valence-corrected chi connectivity index (χ4v) is 3.46. The third kappa shape index (κ3) is 4.44. The summed E-state index contributed by atoms with van der Waals surface area (Å²) in [6.07, 6.45) is 0.910. The van der Waals surface area contributed by atoms with Gasteiger partial charge in [-0.2, -0.15) is 0 Å². The molecule has 0 aliphatic carbocycles. The van der Waals surface area contributed by atoms with Crippen LogP contribution in [0, 0.1) is 0 Å². The summed E-state index contributed by atoms with van der Waals surface area (Å²) in [5.74, 6) is 1.68. The van der Waals surface area contributed by atoms with Crippen LogP contribution in [0.15, 0.2) is 72.8 Å². The molecule has 138 valence electrons. The molecule has 1 N–H and O–H groups in total. The first-order valence-corrected chi connectivity index (χ1v) is 9.60. The minimum atomic E-state index is 0.126. The van der Waals surface area contributed by atoms with Gasteiger partial charge in [0.15, 0.2) is 11.5 Å². The van der Waals surface area contributed by atoms with Gasteiger partial charge in [-0.15, -0.1) is 0 Å². The van der Waals surface area contributed by atoms with Gasteiger partial charge in [0.05, 0.1) is 6.04 Å². The van der Waals surface area contributed by atoms with Crippen molar-refractivity contribution in [2.75, 3.05) is 19.8 Å². The first-order valence-electron chi connectivity index (χ1n) is 9.22. The van der Waals surface area contributed by atoms with Crippen LogP contribution < -0.4 is 14.8 Å². The van der Waals surface area contributed by atoms with Gasteiger partial charge < -0.3 is 14.8 Å². The summed E-state index contributed by atoms with van der Waals surface area (Å²) in [5, 5.41) is 4.44. The van der Waals surface area contributed by atoms with Crippen LogP contribution in [0.3, 0.4) is 0 Å². The summed E-state index contributed by atoms with van der Waals surface area (Å²) in [5.41, 5.74) is 3.67. The van der Waals surface area contributed by atoms with E-state index in [4.69, 9.17) is 21.1 Å². The molecule has 0 saturated carbocycles. The number of hydrogen-bond donors (Lipinski definition) is 1. The van der Waals surface area contributed by atoms with Crippen LogP contribution in [0.1, 0.15) is 22.7 Å². The molecule has 1 heterocycles. The molecule has 0 aromatic heterocycles. The summed E-state index contributed by atoms with van der Waals surface area (Å²) < 4.78 is 11.3. The van der Waals surface area contributed by atoms with E-state index in [0.717, 1.165) is 29.5 Å². The minimum absolute atomic E-state index is 0.126. The Hall–Kier alpha value is -2.49. The number of fused-ring (bicyclic) bond motifs is 1. The Bertz CT molecular complexity index is 881. The zero-order valence-corrected chi connectivity index (χ0v) is 15.8. The number of benzene rings is 3. The van der Waals surface area contributed by atoms with Gasteiger partial charge in [-0.05, 0) is 47.4 Å². The first-order chi connectivity index (χ1) is 13.3. The lowest BCUT2D eigenvalue weighted by atomic mass is 9.98. The zero-order chi connectivity index (χ0) is 18.5. The molecule has 1 aliphatic rings. The van der Waals surface area contributed by atoms with Crippen LogP contribution in [0.5, 0.6) is 11.5 Å². The van der Waals surface area contributed by atoms with Crippen molar-refractivity contribution in [1.29, 1.82) is 0 Å². The van der Waals surface area contributed by atoms with Gasteiger partial charge in [-0.1, -0.05) is 60.1 Å². The summed E-state index contributed by atoms with van der Waals surface area (Å²) in [4.78, 5) is 0. The number of ether oxygens (including phenoxy) is 2. The molecule has 3 aromatic rings. The number of halogens is 1. The SMILES string of the molecule is Clc1ccc(C(NCCc2ccc3c(c2)OCCO3)c2ccccc2)cc1. The molecule has 1 atom stereocenters. The largest absolute Gasteiger partial charge is 0.486 e. The van der Waals surface area contributed by atoms with Crippen LogP contribution in [0.4, 0.5) is 0 Å². The van der Waals surface area contributed by atoms with Gasteiger partial charge in [0.2, 0.25) is 0 Å². The van der Waals surface area contributed by atoms with Gasteiger partial charge in [-0.25, -0.2) is 0 Å². The molecule has 3 aromatic carbocycles. The third-order valence-corrected chi connectivity index (χ3v) is 4.96. The maximum Gasteiger partial charge on any atom is 0.161 e. The highest BCUT2D eigenvalue weighted by Gasteiger charge is 2.14. The highest BCUT2D eigenvalue weighted by atomic mass is 35.5. The molecule has 0 radical (unpaired) electrons. The van der Waals surface area contributed by atoms with Crippen LogP contribution >= 0.6 is 11.6 Å². The molecule has 0 bridgehead atoms. The number of nitrogens with one attached hydrogen (secondary N) is 1. The monoisotopic (exact) mass is 379 g/mol. The lowest BCUT2D eigenvalue weighted by Gasteiger charge is -2.21. The summed E-state index contributed by atoms with van der Waals surface area (Å²) in [6, 6.07) is 24.8. The molecule has 1 unspecified atom stereocenters. The Balaban J connectivity index is 1.46. The van der Waals surface area contributed by atoms with Crippen molar-refractivity contribution in [3.63, 3.8) is 0 Å². The van der Waals surface area contributed by atoms with E-state index < -0.39 is 0 Å². The molecular formula is C23H22ClNO2. The Morgan fingerprint density at radius 2 is 1.52 bits per heavy atom. The quantitative estimate of drug-likeness (QED) is 0.651. The van der Waals surface area contributed by atoms with Gasteiger partial charge in [0, 0.05) is 11.6 Å². The Morgan fingerprint density at radius 3 is 2.30 bits per heavy atom. The van der Waals surface area contributed by atoms with Crippen LogP contribution in [0.2, 0.25) is 5.02 Å². The van der Waals surface area contributed by atoms with E-state index in [-0.39, 0.29) is 6.04 Å². The van der Waals surface area contributed by atoms with E-state index in [2.05, 4.69) is 53.8 Å². The second-order valence-electron chi connectivity index (χ2n) is 6.58. The van der Waals surface area contributed by atoms with E-state index in [1.165, 1.54) is 16.7 Å². The molecular weight excluding hydrogens is 358 g/mol. The van der Waals surface area contributed by atoms with Crippen molar-refractivity contribution in [1.82, 2.24) is 5.32 Å². The molecule has 4 rings (SSSR count). The van der Waals surface area contributed by atoms with Gasteiger partial charge in [-0.3, -0.25) is 0 Å². The highest BCUT2D eigenvalue weighted by Crippen LogP contribution is 2.31. The van der Waals surface area contributed by atoms with Crippen molar-refractivity contribution in [3.05, 3.63) is 94.5 Å². The standard InChI is InChI=1S/C23H22ClNO2/c24-20-9-7-19(8-10-20)23(18-4-2-1-3-5-18)25-13-12-17-6-11-21-22(16-17)27-15-14-26-21/h1-11,16,23,25H,12-15H2. The van der Waals surface area contributed by atoms with E-state index >= 15 is 0 Å². The van der Waals surface area contributed by atoms with Crippen molar-refractivity contribution >= 4 is 11.6 Å². The molecule has 0 saturated heterocycles. The summed E-state index contributed by atoms with van der Waals surface area (Å²) in [7, 11) is 0. The fourth-order valence-electron chi connectivity index (χ4n) is 3.33. The molecule has 3 nitrogen and oxygen atoms in total. The lowest BCUT2D eigenvalue weighted by Crippen LogP contribution is -2.24. The second kappa shape index (κ2) is 8.47. The van der Waals surface area contributed by atoms with Crippen LogP contribution in [0.25, 0.3) is 0 Å². The second-order valence-corrected chi connectivity index (χ2v) is 7.01. The molecule has 0 amide bonds.